The number of thiophene rings is 1. The first-order chi connectivity index (χ1) is 17.4. The highest BCUT2D eigenvalue weighted by molar-refractivity contribution is 7.17. The van der Waals surface area contributed by atoms with Crippen LogP contribution in [0.3, 0.4) is 0 Å². The van der Waals surface area contributed by atoms with E-state index >= 15 is 0 Å². The van der Waals surface area contributed by atoms with Gasteiger partial charge in [0.2, 0.25) is 0 Å². The Kier molecular flexibility index (Phi) is 6.23. The molecule has 2 aliphatic heterocycles. The maximum absolute atomic E-state index is 13.6. The van der Waals surface area contributed by atoms with Gasteiger partial charge < -0.3 is 25.3 Å². The molecule has 9 heteroatoms. The third-order valence-corrected chi connectivity index (χ3v) is 9.86. The highest BCUT2D eigenvalue weighted by Crippen LogP contribution is 2.46. The molecule has 0 radical (unpaired) electrons. The molecule has 1 aromatic carbocycles. The monoisotopic (exact) mass is 537 g/mol. The van der Waals surface area contributed by atoms with Crippen LogP contribution in [0.4, 0.5) is 5.00 Å². The van der Waals surface area contributed by atoms with E-state index in [-0.39, 0.29) is 28.4 Å². The third kappa shape index (κ3) is 4.94. The second kappa shape index (κ2) is 8.65. The number of nitrogens with one attached hydrogen (secondary N) is 3. The molecule has 7 nitrogen and oxygen atoms in total. The maximum atomic E-state index is 13.6. The summed E-state index contributed by atoms with van der Waals surface area (Å²) in [5.74, 6) is -0.379. The Morgan fingerprint density at radius 2 is 1.58 bits per heavy atom. The zero-order valence-corrected chi connectivity index (χ0v) is 24.9. The van der Waals surface area contributed by atoms with E-state index in [4.69, 9.17) is 9.31 Å². The molecule has 0 bridgehead atoms. The van der Waals surface area contributed by atoms with Gasteiger partial charge in [0.05, 0.1) is 16.8 Å². The highest BCUT2D eigenvalue weighted by Gasteiger charge is 2.52. The summed E-state index contributed by atoms with van der Waals surface area (Å²) in [6, 6.07) is 7.34. The van der Waals surface area contributed by atoms with E-state index < -0.39 is 18.3 Å². The van der Waals surface area contributed by atoms with Gasteiger partial charge in [-0.1, -0.05) is 12.1 Å². The summed E-state index contributed by atoms with van der Waals surface area (Å²) >= 11 is 1.49. The molecular formula is C29H40BN3O4S. The molecule has 2 amide bonds. The number of rotatable bonds is 5. The van der Waals surface area contributed by atoms with Gasteiger partial charge in [0.25, 0.3) is 11.8 Å². The van der Waals surface area contributed by atoms with Gasteiger partial charge in [-0.3, -0.25) is 9.59 Å². The van der Waals surface area contributed by atoms with Gasteiger partial charge in [-0.2, -0.15) is 0 Å². The molecule has 0 spiro atoms. The Morgan fingerprint density at radius 3 is 2.18 bits per heavy atom. The Bertz CT molecular complexity index is 1290. The van der Waals surface area contributed by atoms with Crippen LogP contribution in [-0.4, -0.2) is 41.2 Å². The molecule has 3 heterocycles. The standard InChI is InChI=1S/C29H40BN3O4S/c1-25(2)16-19-20(23(35)32-29(9)13-14-29)24(38-21(19)26(3,4)33-25)31-22(34)17-11-10-12-18(15-17)30-36-27(5,6)28(7,8)37-30/h10-12,15,33H,13-14,16H2,1-9H3,(H,31,34)(H,32,35). The average molecular weight is 538 g/mol. The minimum atomic E-state index is -0.559. The van der Waals surface area contributed by atoms with E-state index in [1.54, 1.807) is 6.07 Å². The predicted molar refractivity (Wildman–Crippen MR) is 153 cm³/mol. The molecule has 1 saturated heterocycles. The molecule has 0 unspecified atom stereocenters. The van der Waals surface area contributed by atoms with Crippen molar-refractivity contribution in [2.24, 2.45) is 0 Å². The van der Waals surface area contributed by atoms with Crippen LogP contribution in [0.1, 0.15) is 106 Å². The zero-order valence-electron chi connectivity index (χ0n) is 24.0. The summed E-state index contributed by atoms with van der Waals surface area (Å²) in [6.07, 6.45) is 2.64. The number of benzene rings is 1. The van der Waals surface area contributed by atoms with Crippen LogP contribution in [0.15, 0.2) is 24.3 Å². The lowest BCUT2D eigenvalue weighted by molar-refractivity contribution is 0.00578. The molecule has 1 saturated carbocycles. The van der Waals surface area contributed by atoms with Crippen LogP contribution in [-0.2, 0) is 21.3 Å². The Morgan fingerprint density at radius 1 is 0.947 bits per heavy atom. The lowest BCUT2D eigenvalue weighted by Crippen LogP contribution is -2.55. The van der Waals surface area contributed by atoms with Gasteiger partial charge in [0, 0.05) is 27.1 Å². The molecule has 204 valence electrons. The van der Waals surface area contributed by atoms with Crippen LogP contribution < -0.4 is 21.4 Å². The average Bonchev–Trinajstić information content (AvgIpc) is 3.30. The summed E-state index contributed by atoms with van der Waals surface area (Å²) in [7, 11) is -0.559. The van der Waals surface area contributed by atoms with Crippen molar-refractivity contribution in [2.75, 3.05) is 5.32 Å². The summed E-state index contributed by atoms with van der Waals surface area (Å²) in [5, 5.41) is 10.6. The summed E-state index contributed by atoms with van der Waals surface area (Å²) in [4.78, 5) is 28.3. The Balaban J connectivity index is 1.47. The number of fused-ring (bicyclic) bond motifs is 1. The smallest absolute Gasteiger partial charge is 0.399 e. The molecule has 5 rings (SSSR count). The normalized spacial score (nSPS) is 23.4. The number of amides is 2. The van der Waals surface area contributed by atoms with Crippen LogP contribution >= 0.6 is 11.3 Å². The van der Waals surface area contributed by atoms with Crippen molar-refractivity contribution in [3.8, 4) is 0 Å². The summed E-state index contributed by atoms with van der Waals surface area (Å²) in [5.41, 5.74) is 1.26. The number of carbonyl (C=O) groups excluding carboxylic acids is 2. The molecule has 38 heavy (non-hydrogen) atoms. The van der Waals surface area contributed by atoms with Crippen molar-refractivity contribution < 1.29 is 18.9 Å². The first-order valence-electron chi connectivity index (χ1n) is 13.5. The van der Waals surface area contributed by atoms with Crippen molar-refractivity contribution in [3.05, 3.63) is 45.8 Å². The Labute approximate surface area is 230 Å². The lowest BCUT2D eigenvalue weighted by atomic mass is 9.78. The van der Waals surface area contributed by atoms with Crippen molar-refractivity contribution in [1.29, 1.82) is 0 Å². The van der Waals surface area contributed by atoms with Crippen molar-refractivity contribution in [1.82, 2.24) is 10.6 Å². The fraction of sp³-hybridized carbons (Fsp3) is 0.586. The van der Waals surface area contributed by atoms with Gasteiger partial charge in [-0.15, -0.1) is 11.3 Å². The van der Waals surface area contributed by atoms with Gasteiger partial charge in [-0.25, -0.2) is 0 Å². The minimum absolute atomic E-state index is 0.114. The Hall–Kier alpha value is -2.20. The van der Waals surface area contributed by atoms with Gasteiger partial charge in [0.15, 0.2) is 0 Å². The zero-order chi connectivity index (χ0) is 27.9. The predicted octanol–water partition coefficient (Wildman–Crippen LogP) is 4.74. The topological polar surface area (TPSA) is 88.7 Å². The molecule has 1 aromatic heterocycles. The van der Waals surface area contributed by atoms with Gasteiger partial charge >= 0.3 is 7.12 Å². The minimum Gasteiger partial charge on any atom is -0.399 e. The fourth-order valence-electron chi connectivity index (χ4n) is 5.49. The van der Waals surface area contributed by atoms with Gasteiger partial charge in [0.1, 0.15) is 5.00 Å². The first kappa shape index (κ1) is 27.4. The van der Waals surface area contributed by atoms with Crippen molar-refractivity contribution >= 4 is 40.7 Å². The van der Waals surface area contributed by atoms with E-state index in [1.165, 1.54) is 11.3 Å². The van der Waals surface area contributed by atoms with Crippen LogP contribution in [0, 0.1) is 0 Å². The number of hydrogen-bond donors (Lipinski definition) is 3. The van der Waals surface area contributed by atoms with Crippen molar-refractivity contribution in [2.45, 2.75) is 109 Å². The second-order valence-corrected chi connectivity index (χ2v) is 14.6. The lowest BCUT2D eigenvalue weighted by Gasteiger charge is -2.42. The van der Waals surface area contributed by atoms with E-state index in [2.05, 4.69) is 50.6 Å². The van der Waals surface area contributed by atoms with E-state index in [0.29, 0.717) is 22.5 Å². The SMILES string of the molecule is CC1(C)Cc2c(sc(NC(=O)c3cccc(B4OC(C)(C)C(C)(C)O4)c3)c2C(=O)NC2(C)CC2)C(C)(C)N1. The summed E-state index contributed by atoms with van der Waals surface area (Å²) in [6.45, 7) is 18.7. The fourth-order valence-corrected chi connectivity index (χ4v) is 6.76. The summed E-state index contributed by atoms with van der Waals surface area (Å²) < 4.78 is 12.4. The second-order valence-electron chi connectivity index (χ2n) is 13.6. The van der Waals surface area contributed by atoms with Crippen LogP contribution in [0.5, 0.6) is 0 Å². The van der Waals surface area contributed by atoms with Crippen molar-refractivity contribution in [3.63, 3.8) is 0 Å². The van der Waals surface area contributed by atoms with Crippen LogP contribution in [0.25, 0.3) is 0 Å². The number of carbonyl (C=O) groups is 2. The first-order valence-corrected chi connectivity index (χ1v) is 14.3. The quantitative estimate of drug-likeness (QED) is 0.480. The highest BCUT2D eigenvalue weighted by atomic mass is 32.1. The van der Waals surface area contributed by atoms with E-state index in [0.717, 1.165) is 28.7 Å². The van der Waals surface area contributed by atoms with Crippen LogP contribution in [0.2, 0.25) is 0 Å². The van der Waals surface area contributed by atoms with E-state index in [9.17, 15) is 9.59 Å². The van der Waals surface area contributed by atoms with E-state index in [1.807, 2.05) is 45.9 Å². The number of anilines is 1. The molecule has 2 aromatic rings. The number of hydrogen-bond acceptors (Lipinski definition) is 6. The van der Waals surface area contributed by atoms with Gasteiger partial charge in [-0.05, 0) is 105 Å². The maximum Gasteiger partial charge on any atom is 0.494 e. The molecule has 3 aliphatic rings. The molecule has 2 fully saturated rings. The molecule has 3 N–H and O–H groups in total. The third-order valence-electron chi connectivity index (χ3n) is 8.39. The molecular weight excluding hydrogens is 497 g/mol. The molecule has 0 atom stereocenters. The molecule has 1 aliphatic carbocycles. The largest absolute Gasteiger partial charge is 0.494 e.